The molecule has 10 heteroatoms. The van der Waals surface area contributed by atoms with Crippen molar-refractivity contribution in [3.05, 3.63) is 130 Å². The maximum Gasteiger partial charge on any atom is 0.240 e. The lowest BCUT2D eigenvalue weighted by molar-refractivity contribution is -0.123. The van der Waals surface area contributed by atoms with E-state index < -0.39 is 0 Å². The molecule has 2 aromatic heterocycles. The molecule has 43 heavy (non-hydrogen) atoms. The summed E-state index contributed by atoms with van der Waals surface area (Å²) in [7, 11) is 0. The van der Waals surface area contributed by atoms with Crippen molar-refractivity contribution in [2.45, 2.75) is 18.7 Å². The van der Waals surface area contributed by atoms with Crippen molar-refractivity contribution >= 4 is 41.0 Å². The highest BCUT2D eigenvalue weighted by Crippen LogP contribution is 2.48. The third-order valence-corrected chi connectivity index (χ3v) is 8.66. The number of thioether (sulfide) groups is 1. The molecule has 2 amide bonds. The zero-order valence-corrected chi connectivity index (χ0v) is 24.8. The Morgan fingerprint density at radius 3 is 2.47 bits per heavy atom. The van der Waals surface area contributed by atoms with Gasteiger partial charge in [-0.3, -0.25) is 19.5 Å². The molecular weight excluding hydrogens is 585 g/mol. The Bertz CT molecular complexity index is 1760. The Labute approximate surface area is 257 Å². The van der Waals surface area contributed by atoms with Crippen LogP contribution in [0, 0.1) is 12.7 Å². The summed E-state index contributed by atoms with van der Waals surface area (Å²) in [5.74, 6) is -0.318. The van der Waals surface area contributed by atoms with Crippen molar-refractivity contribution in [1.82, 2.24) is 20.1 Å². The third kappa shape index (κ3) is 6.18. The van der Waals surface area contributed by atoms with Gasteiger partial charge in [0.05, 0.1) is 34.6 Å². The van der Waals surface area contributed by atoms with Crippen LogP contribution in [0.15, 0.2) is 97.2 Å². The molecule has 1 atom stereocenters. The first-order valence-corrected chi connectivity index (χ1v) is 15.1. The van der Waals surface area contributed by atoms with Gasteiger partial charge in [0.25, 0.3) is 0 Å². The molecule has 0 aliphatic carbocycles. The van der Waals surface area contributed by atoms with Gasteiger partial charge in [0.15, 0.2) is 0 Å². The highest BCUT2D eigenvalue weighted by molar-refractivity contribution is 8.00. The second-order valence-electron chi connectivity index (χ2n) is 10.2. The summed E-state index contributed by atoms with van der Waals surface area (Å²) in [6, 6.07) is 26.9. The SMILES string of the molecule is Cc1ccc(-n2nc(-c3ccc(Cl)cc3)c3c2N(CC(=O)NCc2ccccn2)C(=O)CS[C@H]3c2ccc(F)cc2)cc1. The van der Waals surface area contributed by atoms with Crippen LogP contribution in [-0.2, 0) is 16.1 Å². The highest BCUT2D eigenvalue weighted by atomic mass is 35.5. The lowest BCUT2D eigenvalue weighted by atomic mass is 9.99. The van der Waals surface area contributed by atoms with E-state index in [1.807, 2.05) is 61.5 Å². The predicted molar refractivity (Wildman–Crippen MR) is 168 cm³/mol. The molecule has 3 heterocycles. The van der Waals surface area contributed by atoms with Gasteiger partial charge in [-0.05, 0) is 61.0 Å². The normalized spacial score (nSPS) is 14.7. The standard InChI is InChI=1S/C33H27ClFN5O2S/c1-21-5-15-27(16-6-21)40-33-30(31(38-40)22-7-11-24(34)12-8-22)32(23-9-13-25(35)14-10-23)43-20-29(42)39(33)19-28(41)37-18-26-4-2-3-17-36-26/h2-17,32H,18-20H2,1H3,(H,37,41)/t32-/m0/s1. The number of carbonyl (C=O) groups excluding carboxylic acids is 2. The van der Waals surface area contributed by atoms with Gasteiger partial charge in [-0.2, -0.15) is 5.10 Å². The first-order chi connectivity index (χ1) is 20.9. The molecule has 0 saturated carbocycles. The lowest BCUT2D eigenvalue weighted by Gasteiger charge is -2.23. The third-order valence-electron chi connectivity index (χ3n) is 7.15. The molecule has 1 aliphatic rings. The molecule has 0 radical (unpaired) electrons. The van der Waals surface area contributed by atoms with Gasteiger partial charge >= 0.3 is 0 Å². The monoisotopic (exact) mass is 611 g/mol. The molecule has 3 aromatic carbocycles. The Hall–Kier alpha value is -4.47. The van der Waals surface area contributed by atoms with Crippen molar-refractivity contribution in [3.8, 4) is 16.9 Å². The van der Waals surface area contributed by atoms with E-state index in [1.165, 1.54) is 28.8 Å². The summed E-state index contributed by atoms with van der Waals surface area (Å²) < 4.78 is 15.7. The first-order valence-electron chi connectivity index (χ1n) is 13.7. The summed E-state index contributed by atoms with van der Waals surface area (Å²) in [4.78, 5) is 32.9. The average Bonchev–Trinajstić information content (AvgIpc) is 3.34. The number of hydrogen-bond acceptors (Lipinski definition) is 5. The molecule has 0 saturated heterocycles. The van der Waals surface area contributed by atoms with E-state index in [1.54, 1.807) is 35.1 Å². The van der Waals surface area contributed by atoms with Gasteiger partial charge in [0.1, 0.15) is 18.2 Å². The van der Waals surface area contributed by atoms with Gasteiger partial charge < -0.3 is 5.32 Å². The Kier molecular flexibility index (Phi) is 8.26. The summed E-state index contributed by atoms with van der Waals surface area (Å²) in [6.45, 7) is 2.01. The molecule has 7 nitrogen and oxygen atoms in total. The van der Waals surface area contributed by atoms with Gasteiger partial charge in [-0.25, -0.2) is 9.07 Å². The van der Waals surface area contributed by atoms with Crippen LogP contribution in [0.5, 0.6) is 0 Å². The van der Waals surface area contributed by atoms with Crippen molar-refractivity contribution in [2.24, 2.45) is 0 Å². The molecule has 216 valence electrons. The molecule has 1 aliphatic heterocycles. The number of nitrogens with one attached hydrogen (secondary N) is 1. The largest absolute Gasteiger partial charge is 0.349 e. The van der Waals surface area contributed by atoms with Crippen LogP contribution in [0.3, 0.4) is 0 Å². The van der Waals surface area contributed by atoms with Crippen LogP contribution < -0.4 is 10.2 Å². The summed E-state index contributed by atoms with van der Waals surface area (Å²) in [5.41, 5.74) is 5.53. The number of hydrogen-bond donors (Lipinski definition) is 1. The van der Waals surface area contributed by atoms with E-state index in [2.05, 4.69) is 10.3 Å². The molecule has 0 fully saturated rings. The van der Waals surface area contributed by atoms with E-state index in [-0.39, 0.29) is 41.7 Å². The summed E-state index contributed by atoms with van der Waals surface area (Å²) >= 11 is 7.65. The number of benzene rings is 3. The molecule has 0 unspecified atom stereocenters. The smallest absolute Gasteiger partial charge is 0.240 e. The predicted octanol–water partition coefficient (Wildman–Crippen LogP) is 6.52. The number of fused-ring (bicyclic) bond motifs is 1. The van der Waals surface area contributed by atoms with Gasteiger partial charge in [-0.1, -0.05) is 59.6 Å². The van der Waals surface area contributed by atoms with E-state index >= 15 is 0 Å². The quantitative estimate of drug-likeness (QED) is 0.227. The molecular formula is C33H27ClFN5O2S. The number of rotatable bonds is 7. The topological polar surface area (TPSA) is 80.1 Å². The fourth-order valence-corrected chi connectivity index (χ4v) is 6.32. The van der Waals surface area contributed by atoms with Gasteiger partial charge in [0.2, 0.25) is 11.8 Å². The molecule has 0 bridgehead atoms. The minimum Gasteiger partial charge on any atom is -0.349 e. The number of pyridine rings is 1. The van der Waals surface area contributed by atoms with Crippen LogP contribution in [0.4, 0.5) is 10.2 Å². The zero-order chi connectivity index (χ0) is 29.9. The number of anilines is 1. The van der Waals surface area contributed by atoms with Crippen molar-refractivity contribution < 1.29 is 14.0 Å². The molecule has 0 spiro atoms. The fourth-order valence-electron chi connectivity index (χ4n) is 5.00. The minimum atomic E-state index is -0.369. The number of aromatic nitrogens is 3. The number of amides is 2. The number of nitrogens with zero attached hydrogens (tertiary/aromatic N) is 4. The molecule has 6 rings (SSSR count). The molecule has 1 N–H and O–H groups in total. The Morgan fingerprint density at radius 1 is 1.02 bits per heavy atom. The van der Waals surface area contributed by atoms with Gasteiger partial charge in [-0.15, -0.1) is 11.8 Å². The maximum atomic E-state index is 14.0. The second kappa shape index (κ2) is 12.4. The van der Waals surface area contributed by atoms with E-state index in [0.29, 0.717) is 22.2 Å². The summed E-state index contributed by atoms with van der Waals surface area (Å²) in [5, 5.41) is 8.17. The van der Waals surface area contributed by atoms with Crippen molar-refractivity contribution in [3.63, 3.8) is 0 Å². The number of carbonyl (C=O) groups is 2. The van der Waals surface area contributed by atoms with Crippen LogP contribution in [0.2, 0.25) is 5.02 Å². The Morgan fingerprint density at radius 2 is 1.77 bits per heavy atom. The van der Waals surface area contributed by atoms with Gasteiger partial charge in [0, 0.05) is 22.3 Å². The maximum absolute atomic E-state index is 14.0. The van der Waals surface area contributed by atoms with Crippen molar-refractivity contribution in [2.75, 3.05) is 17.2 Å². The lowest BCUT2D eigenvalue weighted by Crippen LogP contribution is -2.42. The number of aryl methyl sites for hydroxylation is 1. The van der Waals surface area contributed by atoms with E-state index in [0.717, 1.165) is 27.9 Å². The zero-order valence-electron chi connectivity index (χ0n) is 23.2. The first kappa shape index (κ1) is 28.6. The van der Waals surface area contributed by atoms with Crippen molar-refractivity contribution in [1.29, 1.82) is 0 Å². The van der Waals surface area contributed by atoms with Crippen LogP contribution in [0.25, 0.3) is 16.9 Å². The molecule has 5 aromatic rings. The second-order valence-corrected chi connectivity index (χ2v) is 11.7. The van der Waals surface area contributed by atoms with Crippen LogP contribution in [-0.4, -0.2) is 38.9 Å². The number of halogens is 2. The Balaban J connectivity index is 1.52. The van der Waals surface area contributed by atoms with Crippen LogP contribution >= 0.6 is 23.4 Å². The fraction of sp³-hybridized carbons (Fsp3) is 0.152. The van der Waals surface area contributed by atoms with Crippen LogP contribution in [0.1, 0.15) is 27.6 Å². The minimum absolute atomic E-state index is 0.109. The average molecular weight is 612 g/mol. The summed E-state index contributed by atoms with van der Waals surface area (Å²) in [6.07, 6.45) is 1.66. The van der Waals surface area contributed by atoms with E-state index in [4.69, 9.17) is 16.7 Å². The van der Waals surface area contributed by atoms with E-state index in [9.17, 15) is 14.0 Å². The highest BCUT2D eigenvalue weighted by Gasteiger charge is 2.37.